The molecule has 16 heavy (non-hydrogen) atoms. The van der Waals surface area contributed by atoms with E-state index in [2.05, 4.69) is 20.5 Å². The first-order valence-electron chi connectivity index (χ1n) is 4.94. The lowest BCUT2D eigenvalue weighted by Gasteiger charge is -2.22. The van der Waals surface area contributed by atoms with E-state index in [1.54, 1.807) is 6.92 Å². The molecular formula is C9H17N5OS. The standard InChI is InChI=1S/C9H17N5OS/c1-5(6(15)12-9(2,3)4)16-8-11-7(10)13-14-8/h5H,1-4H3,(H,12,15)(H3,10,11,13,14). The van der Waals surface area contributed by atoms with Crippen molar-refractivity contribution in [1.29, 1.82) is 0 Å². The van der Waals surface area contributed by atoms with Crippen LogP contribution in [0.5, 0.6) is 0 Å². The molecule has 0 fully saturated rings. The number of hydrogen-bond donors (Lipinski definition) is 3. The maximum Gasteiger partial charge on any atom is 0.233 e. The molecule has 6 nitrogen and oxygen atoms in total. The van der Waals surface area contributed by atoms with Gasteiger partial charge in [0.05, 0.1) is 5.25 Å². The second kappa shape index (κ2) is 4.73. The van der Waals surface area contributed by atoms with Crippen molar-refractivity contribution in [3.8, 4) is 0 Å². The van der Waals surface area contributed by atoms with Crippen molar-refractivity contribution < 1.29 is 4.79 Å². The molecule has 0 saturated carbocycles. The number of amides is 1. The molecule has 0 spiro atoms. The summed E-state index contributed by atoms with van der Waals surface area (Å²) in [4.78, 5) is 15.7. The lowest BCUT2D eigenvalue weighted by atomic mass is 10.1. The predicted molar refractivity (Wildman–Crippen MR) is 64.0 cm³/mol. The van der Waals surface area contributed by atoms with E-state index in [1.165, 1.54) is 11.8 Å². The zero-order chi connectivity index (χ0) is 12.3. The van der Waals surface area contributed by atoms with Gasteiger partial charge in [0.2, 0.25) is 17.0 Å². The van der Waals surface area contributed by atoms with E-state index >= 15 is 0 Å². The molecule has 0 aliphatic carbocycles. The minimum absolute atomic E-state index is 0.0409. The fraction of sp³-hybridized carbons (Fsp3) is 0.667. The Balaban J connectivity index is 2.52. The van der Waals surface area contributed by atoms with Gasteiger partial charge in [-0.1, -0.05) is 11.8 Å². The van der Waals surface area contributed by atoms with Crippen LogP contribution in [0.4, 0.5) is 5.95 Å². The van der Waals surface area contributed by atoms with E-state index in [-0.39, 0.29) is 22.6 Å². The number of nitrogens with one attached hydrogen (secondary N) is 2. The number of anilines is 1. The lowest BCUT2D eigenvalue weighted by Crippen LogP contribution is -2.44. The van der Waals surface area contributed by atoms with Crippen LogP contribution in [0.3, 0.4) is 0 Å². The first kappa shape index (κ1) is 12.8. The summed E-state index contributed by atoms with van der Waals surface area (Å²) in [6, 6.07) is 0. The Morgan fingerprint density at radius 1 is 1.56 bits per heavy atom. The fourth-order valence-electron chi connectivity index (χ4n) is 0.994. The highest BCUT2D eigenvalue weighted by atomic mass is 32.2. The molecule has 0 aliphatic rings. The summed E-state index contributed by atoms with van der Waals surface area (Å²) in [6.45, 7) is 7.62. The number of rotatable bonds is 3. The highest BCUT2D eigenvalue weighted by molar-refractivity contribution is 8.00. The number of nitrogens with zero attached hydrogens (tertiary/aromatic N) is 2. The van der Waals surface area contributed by atoms with Gasteiger partial charge in [-0.3, -0.25) is 4.79 Å². The normalized spacial score (nSPS) is 13.5. The van der Waals surface area contributed by atoms with Crippen molar-refractivity contribution in [2.75, 3.05) is 5.73 Å². The summed E-state index contributed by atoms with van der Waals surface area (Å²) in [5.74, 6) is 0.215. The third-order valence-electron chi connectivity index (χ3n) is 1.63. The molecule has 7 heteroatoms. The fourth-order valence-corrected chi connectivity index (χ4v) is 1.73. The molecule has 1 rings (SSSR count). The molecule has 1 heterocycles. The van der Waals surface area contributed by atoms with Gasteiger partial charge in [-0.15, -0.1) is 5.10 Å². The second-order valence-electron chi connectivity index (χ2n) is 4.50. The van der Waals surface area contributed by atoms with Crippen LogP contribution in [-0.2, 0) is 4.79 Å². The minimum Gasteiger partial charge on any atom is -0.368 e. The average Bonchev–Trinajstić information content (AvgIpc) is 2.48. The number of carbonyl (C=O) groups is 1. The zero-order valence-electron chi connectivity index (χ0n) is 9.87. The van der Waals surface area contributed by atoms with Crippen molar-refractivity contribution in [2.24, 2.45) is 0 Å². The molecule has 1 atom stereocenters. The van der Waals surface area contributed by atoms with E-state index in [0.29, 0.717) is 5.16 Å². The summed E-state index contributed by atoms with van der Waals surface area (Å²) in [7, 11) is 0. The van der Waals surface area contributed by atoms with Crippen LogP contribution in [0, 0.1) is 0 Å². The molecule has 0 bridgehead atoms. The van der Waals surface area contributed by atoms with Gasteiger partial charge in [0.1, 0.15) is 0 Å². The molecule has 0 aliphatic heterocycles. The largest absolute Gasteiger partial charge is 0.368 e. The summed E-state index contributed by atoms with van der Waals surface area (Å²) >= 11 is 1.27. The van der Waals surface area contributed by atoms with Crippen molar-refractivity contribution >= 4 is 23.6 Å². The van der Waals surface area contributed by atoms with Gasteiger partial charge in [-0.25, -0.2) is 5.10 Å². The highest BCUT2D eigenvalue weighted by Crippen LogP contribution is 2.20. The number of nitrogens with two attached hydrogens (primary N) is 1. The van der Waals surface area contributed by atoms with Gasteiger partial charge in [-0.05, 0) is 27.7 Å². The van der Waals surface area contributed by atoms with Gasteiger partial charge in [0.25, 0.3) is 0 Å². The van der Waals surface area contributed by atoms with Crippen LogP contribution in [0.25, 0.3) is 0 Å². The average molecular weight is 243 g/mol. The molecule has 1 unspecified atom stereocenters. The van der Waals surface area contributed by atoms with E-state index in [0.717, 1.165) is 0 Å². The second-order valence-corrected chi connectivity index (χ2v) is 5.81. The number of H-pyrrole nitrogens is 1. The Kier molecular flexibility index (Phi) is 3.79. The van der Waals surface area contributed by atoms with Crippen LogP contribution >= 0.6 is 11.8 Å². The first-order valence-corrected chi connectivity index (χ1v) is 5.82. The number of aromatic amines is 1. The van der Waals surface area contributed by atoms with E-state index in [9.17, 15) is 4.79 Å². The number of aromatic nitrogens is 3. The Bertz CT molecular complexity index is 370. The summed E-state index contributed by atoms with van der Waals surface area (Å²) < 4.78 is 0. The monoisotopic (exact) mass is 243 g/mol. The van der Waals surface area contributed by atoms with Crippen LogP contribution in [0.15, 0.2) is 5.16 Å². The summed E-state index contributed by atoms with van der Waals surface area (Å²) in [6.07, 6.45) is 0. The number of hydrogen-bond acceptors (Lipinski definition) is 5. The maximum atomic E-state index is 11.7. The lowest BCUT2D eigenvalue weighted by molar-refractivity contribution is -0.121. The minimum atomic E-state index is -0.255. The molecule has 1 amide bonds. The molecule has 90 valence electrons. The topological polar surface area (TPSA) is 96.7 Å². The number of thioether (sulfide) groups is 1. The number of nitrogen functional groups attached to an aromatic ring is 1. The Morgan fingerprint density at radius 3 is 2.62 bits per heavy atom. The van der Waals surface area contributed by atoms with E-state index in [4.69, 9.17) is 5.73 Å². The van der Waals surface area contributed by atoms with Crippen molar-refractivity contribution in [1.82, 2.24) is 20.5 Å². The summed E-state index contributed by atoms with van der Waals surface area (Å²) in [5, 5.41) is 9.50. The van der Waals surface area contributed by atoms with E-state index in [1.807, 2.05) is 20.8 Å². The first-order chi connectivity index (χ1) is 7.28. The number of carbonyl (C=O) groups excluding carboxylic acids is 1. The van der Waals surface area contributed by atoms with Gasteiger partial charge < -0.3 is 11.1 Å². The van der Waals surface area contributed by atoms with Crippen molar-refractivity contribution in [3.05, 3.63) is 0 Å². The van der Waals surface area contributed by atoms with Crippen molar-refractivity contribution in [3.63, 3.8) is 0 Å². The van der Waals surface area contributed by atoms with Gasteiger partial charge in [0.15, 0.2) is 0 Å². The molecule has 1 aromatic heterocycles. The quantitative estimate of drug-likeness (QED) is 0.682. The Morgan fingerprint density at radius 2 is 2.19 bits per heavy atom. The molecule has 0 radical (unpaired) electrons. The molecule has 4 N–H and O–H groups in total. The van der Waals surface area contributed by atoms with Gasteiger partial charge >= 0.3 is 0 Å². The van der Waals surface area contributed by atoms with Crippen molar-refractivity contribution in [2.45, 2.75) is 43.6 Å². The Hall–Kier alpha value is -1.24. The Labute approximate surface area is 98.8 Å². The molecule has 0 aromatic carbocycles. The molecule has 1 aromatic rings. The zero-order valence-corrected chi connectivity index (χ0v) is 10.7. The van der Waals surface area contributed by atoms with Gasteiger partial charge in [0, 0.05) is 5.54 Å². The summed E-state index contributed by atoms with van der Waals surface area (Å²) in [5.41, 5.74) is 5.16. The van der Waals surface area contributed by atoms with E-state index < -0.39 is 0 Å². The van der Waals surface area contributed by atoms with Crippen LogP contribution in [0.1, 0.15) is 27.7 Å². The highest BCUT2D eigenvalue weighted by Gasteiger charge is 2.21. The molecular weight excluding hydrogens is 226 g/mol. The van der Waals surface area contributed by atoms with Gasteiger partial charge in [-0.2, -0.15) is 4.98 Å². The SMILES string of the molecule is CC(Sc1n[nH]c(N)n1)C(=O)NC(C)(C)C. The third-order valence-corrected chi connectivity index (χ3v) is 2.59. The third kappa shape index (κ3) is 4.09. The van der Waals surface area contributed by atoms with Crippen LogP contribution in [-0.4, -0.2) is 31.9 Å². The maximum absolute atomic E-state index is 11.7. The smallest absolute Gasteiger partial charge is 0.233 e. The van der Waals surface area contributed by atoms with Crippen LogP contribution < -0.4 is 11.1 Å². The predicted octanol–water partition coefficient (Wildman–Crippen LogP) is 0.782. The molecule has 0 saturated heterocycles. The van der Waals surface area contributed by atoms with Crippen LogP contribution in [0.2, 0.25) is 0 Å².